The lowest BCUT2D eigenvalue weighted by atomic mass is 10.0. The zero-order chi connectivity index (χ0) is 15.9. The molecule has 1 fully saturated rings. The van der Waals surface area contributed by atoms with Crippen LogP contribution in [0.2, 0.25) is 0 Å². The van der Waals surface area contributed by atoms with Gasteiger partial charge in [0, 0.05) is 38.0 Å². The Labute approximate surface area is 134 Å². The van der Waals surface area contributed by atoms with E-state index in [0.717, 1.165) is 32.5 Å². The second-order valence-corrected chi connectivity index (χ2v) is 6.76. The van der Waals surface area contributed by atoms with Crippen LogP contribution in [-0.2, 0) is 11.2 Å². The topological polar surface area (TPSA) is 35.6 Å². The van der Waals surface area contributed by atoms with Crippen LogP contribution in [-0.4, -0.2) is 62.5 Å². The molecule has 1 aliphatic heterocycles. The highest BCUT2D eigenvalue weighted by Gasteiger charge is 2.31. The van der Waals surface area contributed by atoms with Crippen molar-refractivity contribution in [2.24, 2.45) is 5.92 Å². The summed E-state index contributed by atoms with van der Waals surface area (Å²) in [5, 5.41) is 3.24. The van der Waals surface area contributed by atoms with Gasteiger partial charge < -0.3 is 15.1 Å². The highest BCUT2D eigenvalue weighted by atomic mass is 16.1. The first-order valence-electron chi connectivity index (χ1n) is 8.21. The van der Waals surface area contributed by atoms with Crippen LogP contribution in [0.5, 0.6) is 0 Å². The SMILES string of the molecule is CN(C)C[C@@H]1CN(C)C[C@H]1NC(=O)CCCc1ccccc1. The number of amides is 1. The molecule has 22 heavy (non-hydrogen) atoms. The van der Waals surface area contributed by atoms with E-state index in [1.54, 1.807) is 0 Å². The summed E-state index contributed by atoms with van der Waals surface area (Å²) in [5.74, 6) is 0.720. The third kappa shape index (κ3) is 5.43. The number of likely N-dealkylation sites (N-methyl/N-ethyl adjacent to an activating group) is 1. The van der Waals surface area contributed by atoms with Gasteiger partial charge in [-0.1, -0.05) is 30.3 Å². The van der Waals surface area contributed by atoms with Gasteiger partial charge in [-0.25, -0.2) is 0 Å². The number of aryl methyl sites for hydroxylation is 1. The molecule has 1 saturated heterocycles. The number of carbonyl (C=O) groups excluding carboxylic acids is 1. The first-order valence-corrected chi connectivity index (χ1v) is 8.21. The highest BCUT2D eigenvalue weighted by Crippen LogP contribution is 2.16. The summed E-state index contributed by atoms with van der Waals surface area (Å²) >= 11 is 0. The van der Waals surface area contributed by atoms with Gasteiger partial charge in [0.15, 0.2) is 0 Å². The molecule has 0 aliphatic carbocycles. The number of nitrogens with zero attached hydrogens (tertiary/aromatic N) is 2. The van der Waals surface area contributed by atoms with Gasteiger partial charge in [-0.3, -0.25) is 4.79 Å². The Bertz CT molecular complexity index is 461. The summed E-state index contributed by atoms with van der Waals surface area (Å²) in [4.78, 5) is 16.7. The normalized spacial score (nSPS) is 22.2. The molecule has 1 aliphatic rings. The standard InChI is InChI=1S/C18H29N3O/c1-20(2)12-16-13-21(3)14-17(16)19-18(22)11-7-10-15-8-5-4-6-9-15/h4-6,8-9,16-17H,7,10-14H2,1-3H3,(H,19,22)/t16-,17-/m1/s1. The zero-order valence-corrected chi connectivity index (χ0v) is 14.1. The third-order valence-electron chi connectivity index (χ3n) is 4.28. The molecular formula is C18H29N3O. The molecule has 1 aromatic rings. The van der Waals surface area contributed by atoms with Crippen molar-refractivity contribution in [3.8, 4) is 0 Å². The lowest BCUT2D eigenvalue weighted by Crippen LogP contribution is -2.43. The minimum atomic E-state index is 0.194. The number of hydrogen-bond acceptors (Lipinski definition) is 3. The molecule has 0 radical (unpaired) electrons. The predicted molar refractivity (Wildman–Crippen MR) is 90.9 cm³/mol. The minimum absolute atomic E-state index is 0.194. The average molecular weight is 303 g/mol. The van der Waals surface area contributed by atoms with Crippen molar-refractivity contribution in [3.63, 3.8) is 0 Å². The molecule has 0 aromatic heterocycles. The monoisotopic (exact) mass is 303 g/mol. The van der Waals surface area contributed by atoms with Gasteiger partial charge in [-0.05, 0) is 39.5 Å². The Morgan fingerprint density at radius 2 is 2.00 bits per heavy atom. The van der Waals surface area contributed by atoms with E-state index in [1.165, 1.54) is 5.56 Å². The van der Waals surface area contributed by atoms with Crippen molar-refractivity contribution < 1.29 is 4.79 Å². The van der Waals surface area contributed by atoms with Crippen LogP contribution in [0.4, 0.5) is 0 Å². The van der Waals surface area contributed by atoms with Crippen LogP contribution in [0, 0.1) is 5.92 Å². The van der Waals surface area contributed by atoms with Crippen LogP contribution < -0.4 is 5.32 Å². The second-order valence-electron chi connectivity index (χ2n) is 6.76. The van der Waals surface area contributed by atoms with Crippen molar-refractivity contribution >= 4 is 5.91 Å². The Morgan fingerprint density at radius 1 is 1.27 bits per heavy atom. The first kappa shape index (κ1) is 17.0. The summed E-state index contributed by atoms with van der Waals surface area (Å²) in [6, 6.07) is 10.7. The van der Waals surface area contributed by atoms with Crippen LogP contribution in [0.15, 0.2) is 30.3 Å². The van der Waals surface area contributed by atoms with E-state index in [1.807, 2.05) is 6.07 Å². The van der Waals surface area contributed by atoms with E-state index in [9.17, 15) is 4.79 Å². The zero-order valence-electron chi connectivity index (χ0n) is 14.1. The van der Waals surface area contributed by atoms with Crippen LogP contribution in [0.3, 0.4) is 0 Å². The lowest BCUT2D eigenvalue weighted by Gasteiger charge is -2.23. The third-order valence-corrected chi connectivity index (χ3v) is 4.28. The molecule has 1 aromatic carbocycles. The van der Waals surface area contributed by atoms with Gasteiger partial charge in [0.2, 0.25) is 5.91 Å². The van der Waals surface area contributed by atoms with Crippen molar-refractivity contribution in [1.82, 2.24) is 15.1 Å². The first-order chi connectivity index (χ1) is 10.5. The smallest absolute Gasteiger partial charge is 0.220 e. The van der Waals surface area contributed by atoms with Crippen molar-refractivity contribution in [2.45, 2.75) is 25.3 Å². The number of likely N-dealkylation sites (tertiary alicyclic amines) is 1. The Balaban J connectivity index is 1.73. The number of nitrogens with one attached hydrogen (secondary N) is 1. The molecule has 122 valence electrons. The fourth-order valence-electron chi connectivity index (χ4n) is 3.28. The van der Waals surface area contributed by atoms with E-state index in [0.29, 0.717) is 12.3 Å². The van der Waals surface area contributed by atoms with Gasteiger partial charge in [0.1, 0.15) is 0 Å². The number of rotatable bonds is 7. The van der Waals surface area contributed by atoms with E-state index in [4.69, 9.17) is 0 Å². The molecule has 1 N–H and O–H groups in total. The maximum Gasteiger partial charge on any atom is 0.220 e. The van der Waals surface area contributed by atoms with Crippen LogP contribution in [0.25, 0.3) is 0 Å². The van der Waals surface area contributed by atoms with Crippen LogP contribution in [0.1, 0.15) is 18.4 Å². The van der Waals surface area contributed by atoms with Gasteiger partial charge >= 0.3 is 0 Å². The second kappa shape index (κ2) is 8.30. The van der Waals surface area contributed by atoms with E-state index in [2.05, 4.69) is 60.5 Å². The molecular weight excluding hydrogens is 274 g/mol. The molecule has 0 spiro atoms. The van der Waals surface area contributed by atoms with E-state index >= 15 is 0 Å². The molecule has 4 heteroatoms. The molecule has 0 unspecified atom stereocenters. The van der Waals surface area contributed by atoms with Crippen molar-refractivity contribution in [1.29, 1.82) is 0 Å². The summed E-state index contributed by atoms with van der Waals surface area (Å²) in [5.41, 5.74) is 1.31. The Kier molecular flexibility index (Phi) is 6.40. The number of benzene rings is 1. The van der Waals surface area contributed by atoms with Gasteiger partial charge in [-0.2, -0.15) is 0 Å². The predicted octanol–water partition coefficient (Wildman–Crippen LogP) is 1.62. The lowest BCUT2D eigenvalue weighted by molar-refractivity contribution is -0.122. The minimum Gasteiger partial charge on any atom is -0.352 e. The highest BCUT2D eigenvalue weighted by molar-refractivity contribution is 5.76. The fraction of sp³-hybridized carbons (Fsp3) is 0.611. The van der Waals surface area contributed by atoms with Gasteiger partial charge in [0.25, 0.3) is 0 Å². The molecule has 2 atom stereocenters. The molecule has 2 rings (SSSR count). The van der Waals surface area contributed by atoms with E-state index < -0.39 is 0 Å². The molecule has 0 saturated carbocycles. The summed E-state index contributed by atoms with van der Waals surface area (Å²) in [6.45, 7) is 3.05. The molecule has 4 nitrogen and oxygen atoms in total. The maximum absolute atomic E-state index is 12.2. The quantitative estimate of drug-likeness (QED) is 0.831. The Morgan fingerprint density at radius 3 is 2.68 bits per heavy atom. The number of hydrogen-bond donors (Lipinski definition) is 1. The Hall–Kier alpha value is -1.39. The van der Waals surface area contributed by atoms with Crippen molar-refractivity contribution in [2.75, 3.05) is 40.8 Å². The average Bonchev–Trinajstić information content (AvgIpc) is 2.78. The van der Waals surface area contributed by atoms with Crippen molar-refractivity contribution in [3.05, 3.63) is 35.9 Å². The summed E-state index contributed by atoms with van der Waals surface area (Å²) < 4.78 is 0. The molecule has 0 bridgehead atoms. The van der Waals surface area contributed by atoms with Crippen LogP contribution >= 0.6 is 0 Å². The summed E-state index contributed by atoms with van der Waals surface area (Å²) in [7, 11) is 6.32. The summed E-state index contributed by atoms with van der Waals surface area (Å²) in [6.07, 6.45) is 2.50. The number of carbonyl (C=O) groups is 1. The molecule has 1 heterocycles. The van der Waals surface area contributed by atoms with Gasteiger partial charge in [0.05, 0.1) is 0 Å². The van der Waals surface area contributed by atoms with E-state index in [-0.39, 0.29) is 11.9 Å². The molecule has 1 amide bonds. The van der Waals surface area contributed by atoms with Gasteiger partial charge in [-0.15, -0.1) is 0 Å². The largest absolute Gasteiger partial charge is 0.352 e. The fourth-order valence-corrected chi connectivity index (χ4v) is 3.28. The maximum atomic E-state index is 12.2.